The number of esters is 1. The van der Waals surface area contributed by atoms with Gasteiger partial charge < -0.3 is 14.8 Å². The van der Waals surface area contributed by atoms with Gasteiger partial charge in [-0.05, 0) is 19.1 Å². The number of aliphatic carboxylic acids is 1. The Hall–Kier alpha value is -1.82. The van der Waals surface area contributed by atoms with E-state index in [1.165, 1.54) is 7.11 Å². The lowest BCUT2D eigenvalue weighted by molar-refractivity contribution is -0.139. The van der Waals surface area contributed by atoms with E-state index >= 15 is 0 Å². The summed E-state index contributed by atoms with van der Waals surface area (Å²) in [4.78, 5) is 24.5. The molecular weight excluding hydrogens is 212 g/mol. The third-order valence-electron chi connectivity index (χ3n) is 2.12. The molecule has 0 aliphatic heterocycles. The van der Waals surface area contributed by atoms with Crippen molar-refractivity contribution < 1.29 is 19.4 Å². The fourth-order valence-electron chi connectivity index (χ4n) is 1.12. The third-order valence-corrected chi connectivity index (χ3v) is 2.12. The molecule has 0 amide bonds. The number of carbonyl (C=O) groups excluding carboxylic acids is 1. The van der Waals surface area contributed by atoms with Gasteiger partial charge >= 0.3 is 11.9 Å². The van der Waals surface area contributed by atoms with Gasteiger partial charge in [0.25, 0.3) is 0 Å². The van der Waals surface area contributed by atoms with Crippen LogP contribution in [-0.2, 0) is 16.1 Å². The molecule has 1 rings (SSSR count). The second kappa shape index (κ2) is 5.32. The minimum Gasteiger partial charge on any atom is -0.480 e. The Balaban J connectivity index is 2.53. The summed E-state index contributed by atoms with van der Waals surface area (Å²) in [6, 6.07) is 2.66. The van der Waals surface area contributed by atoms with E-state index < -0.39 is 18.0 Å². The molecule has 0 saturated carbocycles. The molecule has 1 aromatic heterocycles. The Labute approximate surface area is 92.6 Å². The van der Waals surface area contributed by atoms with Crippen LogP contribution < -0.4 is 5.32 Å². The van der Waals surface area contributed by atoms with Crippen LogP contribution in [0.2, 0.25) is 0 Å². The van der Waals surface area contributed by atoms with Gasteiger partial charge in [-0.1, -0.05) is 0 Å². The standard InChI is InChI=1S/C10H14N2O4/c1-6(9(13)14)11-5-7-3-4-8(12-7)10(15)16-2/h3-4,6,11-12H,5H2,1-2H3,(H,13,14). The van der Waals surface area contributed by atoms with Crippen LogP contribution in [-0.4, -0.2) is 35.2 Å². The van der Waals surface area contributed by atoms with Crippen molar-refractivity contribution in [3.63, 3.8) is 0 Å². The van der Waals surface area contributed by atoms with E-state index in [4.69, 9.17) is 5.11 Å². The Kier molecular flexibility index (Phi) is 4.07. The summed E-state index contributed by atoms with van der Waals surface area (Å²) >= 11 is 0. The molecule has 0 aliphatic carbocycles. The molecule has 0 radical (unpaired) electrons. The second-order valence-electron chi connectivity index (χ2n) is 3.33. The normalized spacial score (nSPS) is 12.1. The average Bonchev–Trinajstić information content (AvgIpc) is 2.73. The van der Waals surface area contributed by atoms with E-state index in [1.54, 1.807) is 19.1 Å². The van der Waals surface area contributed by atoms with Gasteiger partial charge in [-0.2, -0.15) is 0 Å². The van der Waals surface area contributed by atoms with Gasteiger partial charge in [0.15, 0.2) is 0 Å². The summed E-state index contributed by atoms with van der Waals surface area (Å²) < 4.78 is 4.53. The van der Waals surface area contributed by atoms with Crippen LogP contribution in [0.15, 0.2) is 12.1 Å². The Morgan fingerprint density at radius 1 is 1.56 bits per heavy atom. The molecule has 0 bridgehead atoms. The highest BCUT2D eigenvalue weighted by Gasteiger charge is 2.11. The number of ether oxygens (including phenoxy) is 1. The van der Waals surface area contributed by atoms with E-state index in [0.29, 0.717) is 12.2 Å². The number of carboxylic acid groups (broad SMARTS) is 1. The summed E-state index contributed by atoms with van der Waals surface area (Å²) in [6.45, 7) is 1.90. The van der Waals surface area contributed by atoms with Gasteiger partial charge in [-0.25, -0.2) is 4.79 Å². The van der Waals surface area contributed by atoms with Crippen LogP contribution in [0.3, 0.4) is 0 Å². The third kappa shape index (κ3) is 3.09. The van der Waals surface area contributed by atoms with Crippen molar-refractivity contribution >= 4 is 11.9 Å². The number of hydrogen-bond donors (Lipinski definition) is 3. The zero-order chi connectivity index (χ0) is 12.1. The van der Waals surface area contributed by atoms with Gasteiger partial charge in [0, 0.05) is 12.2 Å². The number of hydrogen-bond acceptors (Lipinski definition) is 4. The average molecular weight is 226 g/mol. The lowest BCUT2D eigenvalue weighted by Gasteiger charge is -2.07. The molecule has 1 aromatic rings. The predicted octanol–water partition coefficient (Wildman–Crippen LogP) is 0.364. The van der Waals surface area contributed by atoms with Crippen LogP contribution in [0.5, 0.6) is 0 Å². The predicted molar refractivity (Wildman–Crippen MR) is 56.1 cm³/mol. The Bertz CT molecular complexity index is 386. The van der Waals surface area contributed by atoms with Gasteiger partial charge in [-0.3, -0.25) is 10.1 Å². The van der Waals surface area contributed by atoms with Crippen molar-refractivity contribution in [3.05, 3.63) is 23.5 Å². The highest BCUT2D eigenvalue weighted by atomic mass is 16.5. The van der Waals surface area contributed by atoms with Crippen molar-refractivity contribution in [2.75, 3.05) is 7.11 Å². The number of nitrogens with one attached hydrogen (secondary N) is 2. The molecule has 6 heteroatoms. The molecule has 88 valence electrons. The van der Waals surface area contributed by atoms with E-state index in [1.807, 2.05) is 0 Å². The molecule has 0 spiro atoms. The molecule has 6 nitrogen and oxygen atoms in total. The number of H-pyrrole nitrogens is 1. The molecule has 3 N–H and O–H groups in total. The Morgan fingerprint density at radius 2 is 2.25 bits per heavy atom. The first kappa shape index (κ1) is 12.3. The fourth-order valence-corrected chi connectivity index (χ4v) is 1.12. The van der Waals surface area contributed by atoms with Gasteiger partial charge in [0.1, 0.15) is 11.7 Å². The minimum absolute atomic E-state index is 0.349. The zero-order valence-corrected chi connectivity index (χ0v) is 9.11. The van der Waals surface area contributed by atoms with Crippen molar-refractivity contribution in [1.29, 1.82) is 0 Å². The van der Waals surface area contributed by atoms with Crippen molar-refractivity contribution in [2.24, 2.45) is 0 Å². The van der Waals surface area contributed by atoms with E-state index in [9.17, 15) is 9.59 Å². The largest absolute Gasteiger partial charge is 0.480 e. The number of methoxy groups -OCH3 is 1. The maximum absolute atomic E-state index is 11.1. The molecule has 0 saturated heterocycles. The first-order valence-electron chi connectivity index (χ1n) is 4.77. The van der Waals surface area contributed by atoms with E-state index in [0.717, 1.165) is 5.69 Å². The summed E-state index contributed by atoms with van der Waals surface area (Å²) in [7, 11) is 1.30. The van der Waals surface area contributed by atoms with Crippen LogP contribution in [0, 0.1) is 0 Å². The van der Waals surface area contributed by atoms with Crippen molar-refractivity contribution in [2.45, 2.75) is 19.5 Å². The number of rotatable bonds is 5. The van der Waals surface area contributed by atoms with Crippen molar-refractivity contribution in [3.8, 4) is 0 Å². The first-order chi connectivity index (χ1) is 7.54. The molecule has 1 unspecified atom stereocenters. The molecule has 16 heavy (non-hydrogen) atoms. The smallest absolute Gasteiger partial charge is 0.354 e. The van der Waals surface area contributed by atoms with Crippen LogP contribution >= 0.6 is 0 Å². The number of carboxylic acids is 1. The van der Waals surface area contributed by atoms with Crippen LogP contribution in [0.25, 0.3) is 0 Å². The summed E-state index contributed by atoms with van der Waals surface area (Å²) in [5.41, 5.74) is 1.08. The second-order valence-corrected chi connectivity index (χ2v) is 3.33. The van der Waals surface area contributed by atoms with E-state index in [-0.39, 0.29) is 0 Å². The molecule has 0 fully saturated rings. The van der Waals surface area contributed by atoms with Crippen molar-refractivity contribution in [1.82, 2.24) is 10.3 Å². The minimum atomic E-state index is -0.917. The van der Waals surface area contributed by atoms with Crippen LogP contribution in [0.4, 0.5) is 0 Å². The van der Waals surface area contributed by atoms with Gasteiger partial charge in [-0.15, -0.1) is 0 Å². The van der Waals surface area contributed by atoms with Crippen LogP contribution in [0.1, 0.15) is 23.1 Å². The number of carbonyl (C=O) groups is 2. The maximum atomic E-state index is 11.1. The molecule has 0 aliphatic rings. The van der Waals surface area contributed by atoms with Gasteiger partial charge in [0.05, 0.1) is 7.11 Å². The molecular formula is C10H14N2O4. The SMILES string of the molecule is COC(=O)c1ccc(CNC(C)C(=O)O)[nH]1. The molecule has 0 aromatic carbocycles. The summed E-state index contributed by atoms with van der Waals surface area (Å²) in [6.07, 6.45) is 0. The van der Waals surface area contributed by atoms with E-state index in [2.05, 4.69) is 15.0 Å². The lowest BCUT2D eigenvalue weighted by Crippen LogP contribution is -2.33. The monoisotopic (exact) mass is 226 g/mol. The van der Waals surface area contributed by atoms with Gasteiger partial charge in [0.2, 0.25) is 0 Å². The quantitative estimate of drug-likeness (QED) is 0.631. The molecule has 1 heterocycles. The fraction of sp³-hybridized carbons (Fsp3) is 0.400. The summed E-state index contributed by atoms with van der Waals surface area (Å²) in [5.74, 6) is -1.36. The maximum Gasteiger partial charge on any atom is 0.354 e. The highest BCUT2D eigenvalue weighted by Crippen LogP contribution is 2.03. The Morgan fingerprint density at radius 3 is 2.81 bits per heavy atom. The highest BCUT2D eigenvalue weighted by molar-refractivity contribution is 5.87. The topological polar surface area (TPSA) is 91.4 Å². The number of aromatic nitrogens is 1. The first-order valence-corrected chi connectivity index (χ1v) is 4.77. The zero-order valence-electron chi connectivity index (χ0n) is 9.11. The lowest BCUT2D eigenvalue weighted by atomic mass is 10.3. The number of aromatic amines is 1. The molecule has 1 atom stereocenters. The summed E-state index contributed by atoms with van der Waals surface area (Å²) in [5, 5.41) is 11.4.